The molecule has 0 bridgehead atoms. The van der Waals surface area contributed by atoms with Crippen LogP contribution in [0, 0.1) is 17.8 Å². The van der Waals surface area contributed by atoms with Gasteiger partial charge in [0.05, 0.1) is 12.0 Å². The number of primary amides is 1. The minimum absolute atomic E-state index is 0.00990. The molecule has 1 aliphatic rings. The quantitative estimate of drug-likeness (QED) is 0.0813. The molecule has 7 unspecified atom stereocenters. The monoisotopic (exact) mass is 563 g/mol. The first-order chi connectivity index (χ1) is 19.1. The zero-order chi connectivity index (χ0) is 29.9. The van der Waals surface area contributed by atoms with E-state index < -0.39 is 36.3 Å². The molecule has 0 aliphatic carbocycles. The van der Waals surface area contributed by atoms with Crippen molar-refractivity contribution in [3.05, 3.63) is 36.0 Å². The van der Waals surface area contributed by atoms with Gasteiger partial charge in [-0.2, -0.15) is 0 Å². The summed E-state index contributed by atoms with van der Waals surface area (Å²) >= 11 is 0. The van der Waals surface area contributed by atoms with Crippen LogP contribution in [-0.2, 0) is 23.8 Å². The highest BCUT2D eigenvalue weighted by molar-refractivity contribution is 5.73. The third-order valence-corrected chi connectivity index (χ3v) is 7.48. The number of hydrogen-bond donors (Lipinski definition) is 2. The summed E-state index contributed by atoms with van der Waals surface area (Å²) in [5, 5.41) is 10.9. The fraction of sp³-hybridized carbons (Fsp3) is 0.719. The molecule has 1 amide bonds. The number of cyclic esters (lactones) is 1. The number of esters is 1. The summed E-state index contributed by atoms with van der Waals surface area (Å²) in [6.45, 7) is 10.3. The Kier molecular flexibility index (Phi) is 18.0. The predicted molar refractivity (Wildman–Crippen MR) is 157 cm³/mol. The molecule has 0 radical (unpaired) electrons. The van der Waals surface area contributed by atoms with Crippen LogP contribution in [0.5, 0.6) is 0 Å². The molecule has 7 atom stereocenters. The van der Waals surface area contributed by atoms with Crippen LogP contribution in [-0.4, -0.2) is 48.1 Å². The Bertz CT molecular complexity index is 837. The van der Waals surface area contributed by atoms with Crippen molar-refractivity contribution >= 4 is 18.5 Å². The number of hydrogen-bond acceptors (Lipinski definition) is 7. The van der Waals surface area contributed by atoms with Gasteiger partial charge in [0.1, 0.15) is 18.3 Å². The lowest BCUT2D eigenvalue weighted by Crippen LogP contribution is -2.36. The van der Waals surface area contributed by atoms with E-state index in [-0.39, 0.29) is 17.9 Å². The lowest BCUT2D eigenvalue weighted by molar-refractivity contribution is -0.156. The highest BCUT2D eigenvalue weighted by atomic mass is 16.6. The van der Waals surface area contributed by atoms with E-state index in [0.717, 1.165) is 24.8 Å². The molecule has 3 N–H and O–H groups in total. The third kappa shape index (κ3) is 15.2. The van der Waals surface area contributed by atoms with E-state index in [1.165, 1.54) is 12.8 Å². The Labute approximate surface area is 241 Å². The number of unbranched alkanes of at least 4 members (excludes halogenated alkanes) is 3. The minimum Gasteiger partial charge on any atom is -0.461 e. The maximum atomic E-state index is 13.1. The van der Waals surface area contributed by atoms with Crippen LogP contribution in [0.3, 0.4) is 0 Å². The first-order valence-corrected chi connectivity index (χ1v) is 15.0. The average Bonchev–Trinajstić information content (AvgIpc) is 2.88. The maximum Gasteiger partial charge on any atom is 0.404 e. The number of amides is 1. The smallest absolute Gasteiger partial charge is 0.404 e. The Morgan fingerprint density at radius 3 is 2.52 bits per heavy atom. The van der Waals surface area contributed by atoms with Gasteiger partial charge in [-0.15, -0.1) is 0 Å². The molecule has 0 aromatic carbocycles. The first kappa shape index (κ1) is 35.4. The normalized spacial score (nSPS) is 30.2. The molecular weight excluding hydrogens is 510 g/mol. The van der Waals surface area contributed by atoms with Crippen molar-refractivity contribution in [3.8, 4) is 0 Å². The van der Waals surface area contributed by atoms with Gasteiger partial charge in [-0.25, -0.2) is 4.79 Å². The Balaban J connectivity index is 3.11. The average molecular weight is 564 g/mol. The number of nitrogens with two attached hydrogens (primary N) is 1. The van der Waals surface area contributed by atoms with Crippen molar-refractivity contribution in [1.29, 1.82) is 0 Å². The highest BCUT2D eigenvalue weighted by Gasteiger charge is 2.30. The standard InChI is InChI=1S/C32H53NO7/c1-6-7-8-9-11-14-23(2)19-27-20-24(3)15-12-10-13-16-29(38-22-34)30(40-32(33)37)18-17-25(4)21-28(35)26(5)31(36)39-27/h10-12,14,19,22,24-30,35H,6-9,13,15-18,20-21H2,1-5H3,(H2,33,37). The van der Waals surface area contributed by atoms with Gasteiger partial charge in [-0.05, 0) is 89.5 Å². The van der Waals surface area contributed by atoms with Gasteiger partial charge in [0.25, 0.3) is 6.47 Å². The summed E-state index contributed by atoms with van der Waals surface area (Å²) in [4.78, 5) is 35.8. The number of carbonyl (C=O) groups is 3. The third-order valence-electron chi connectivity index (χ3n) is 7.48. The van der Waals surface area contributed by atoms with Crippen molar-refractivity contribution in [3.63, 3.8) is 0 Å². The Hall–Kier alpha value is -2.61. The zero-order valence-corrected chi connectivity index (χ0v) is 25.3. The van der Waals surface area contributed by atoms with Crippen LogP contribution in [0.4, 0.5) is 4.79 Å². The fourth-order valence-electron chi connectivity index (χ4n) is 4.96. The second kappa shape index (κ2) is 20.3. The van der Waals surface area contributed by atoms with E-state index in [2.05, 4.69) is 32.1 Å². The van der Waals surface area contributed by atoms with Crippen LogP contribution in [0.2, 0.25) is 0 Å². The van der Waals surface area contributed by atoms with E-state index in [9.17, 15) is 19.5 Å². The molecule has 1 aliphatic heterocycles. The highest BCUT2D eigenvalue weighted by Crippen LogP contribution is 2.25. The largest absolute Gasteiger partial charge is 0.461 e. The van der Waals surface area contributed by atoms with Gasteiger partial charge in [0, 0.05) is 0 Å². The molecule has 0 fully saturated rings. The van der Waals surface area contributed by atoms with E-state index >= 15 is 0 Å². The van der Waals surface area contributed by atoms with Crippen LogP contribution in [0.15, 0.2) is 36.0 Å². The first-order valence-electron chi connectivity index (χ1n) is 15.0. The molecular formula is C32H53NO7. The molecule has 0 saturated heterocycles. The number of aliphatic hydroxyl groups is 1. The molecule has 0 aromatic heterocycles. The van der Waals surface area contributed by atoms with E-state index in [4.69, 9.17) is 19.9 Å². The van der Waals surface area contributed by atoms with Crippen molar-refractivity contribution in [1.82, 2.24) is 0 Å². The van der Waals surface area contributed by atoms with E-state index in [1.807, 2.05) is 26.0 Å². The van der Waals surface area contributed by atoms with Crippen molar-refractivity contribution in [2.24, 2.45) is 23.5 Å². The van der Waals surface area contributed by atoms with Gasteiger partial charge < -0.3 is 25.1 Å². The fourth-order valence-corrected chi connectivity index (χ4v) is 4.96. The van der Waals surface area contributed by atoms with Crippen LogP contribution in [0.1, 0.15) is 105 Å². The summed E-state index contributed by atoms with van der Waals surface area (Å²) < 4.78 is 16.5. The number of allylic oxidation sites excluding steroid dienone is 5. The predicted octanol–water partition coefficient (Wildman–Crippen LogP) is 6.56. The molecule has 8 heteroatoms. The molecule has 0 spiro atoms. The number of ether oxygens (including phenoxy) is 3. The maximum absolute atomic E-state index is 13.1. The Morgan fingerprint density at radius 1 is 1.10 bits per heavy atom. The molecule has 1 rings (SSSR count). The molecule has 0 aromatic rings. The molecule has 40 heavy (non-hydrogen) atoms. The van der Waals surface area contributed by atoms with Crippen molar-refractivity contribution in [2.75, 3.05) is 0 Å². The summed E-state index contributed by atoms with van der Waals surface area (Å²) in [6.07, 6.45) is 15.4. The number of aliphatic hydroxyl groups excluding tert-OH is 1. The van der Waals surface area contributed by atoms with E-state index in [0.29, 0.717) is 45.0 Å². The number of rotatable bonds is 9. The topological polar surface area (TPSA) is 125 Å². The summed E-state index contributed by atoms with van der Waals surface area (Å²) in [5.74, 6) is -0.866. The van der Waals surface area contributed by atoms with E-state index in [1.54, 1.807) is 6.92 Å². The van der Waals surface area contributed by atoms with Crippen molar-refractivity contribution in [2.45, 2.75) is 130 Å². The van der Waals surface area contributed by atoms with Crippen LogP contribution >= 0.6 is 0 Å². The van der Waals surface area contributed by atoms with Gasteiger partial charge >= 0.3 is 12.1 Å². The lowest BCUT2D eigenvalue weighted by atomic mass is 9.90. The molecule has 0 saturated carbocycles. The number of carbonyl (C=O) groups excluding carboxylic acids is 3. The zero-order valence-electron chi connectivity index (χ0n) is 25.3. The van der Waals surface area contributed by atoms with Gasteiger partial charge in [-0.3, -0.25) is 9.59 Å². The summed E-state index contributed by atoms with van der Waals surface area (Å²) in [6, 6.07) is 0. The molecule has 8 nitrogen and oxygen atoms in total. The summed E-state index contributed by atoms with van der Waals surface area (Å²) in [5.41, 5.74) is 6.33. The van der Waals surface area contributed by atoms with Gasteiger partial charge in [-0.1, -0.05) is 63.5 Å². The molecule has 1 heterocycles. The Morgan fingerprint density at radius 2 is 1.85 bits per heavy atom. The second-order valence-corrected chi connectivity index (χ2v) is 11.4. The van der Waals surface area contributed by atoms with Gasteiger partial charge in [0.2, 0.25) is 0 Å². The summed E-state index contributed by atoms with van der Waals surface area (Å²) in [7, 11) is 0. The lowest BCUT2D eigenvalue weighted by Gasteiger charge is -2.27. The van der Waals surface area contributed by atoms with Gasteiger partial charge in [0.15, 0.2) is 0 Å². The van der Waals surface area contributed by atoms with Crippen LogP contribution in [0.25, 0.3) is 0 Å². The minimum atomic E-state index is -0.925. The SMILES string of the molecule is CCCCCC=CC(C)=CC1CC(C)CC=CCCC(OC=O)C(OC(N)=O)CCC(C)CC(O)C(C)C(=O)O1. The molecule has 228 valence electrons. The van der Waals surface area contributed by atoms with Crippen molar-refractivity contribution < 1.29 is 33.7 Å². The second-order valence-electron chi connectivity index (χ2n) is 11.4. The van der Waals surface area contributed by atoms with Crippen LogP contribution < -0.4 is 5.73 Å².